The molecule has 4 nitrogen and oxygen atoms in total. The summed E-state index contributed by atoms with van der Waals surface area (Å²) < 4.78 is 26.5. The number of sulfonamides is 1. The predicted molar refractivity (Wildman–Crippen MR) is 74.3 cm³/mol. The molecule has 1 N–H and O–H groups in total. The number of hydrogen-bond acceptors (Lipinski definition) is 4. The largest absolute Gasteiger partial charge is 0.242 e. The summed E-state index contributed by atoms with van der Waals surface area (Å²) in [5.74, 6) is 0. The zero-order valence-electron chi connectivity index (χ0n) is 9.97. The molecule has 0 aromatic heterocycles. The second-order valence-electron chi connectivity index (χ2n) is 3.66. The van der Waals surface area contributed by atoms with Crippen LogP contribution in [0.25, 0.3) is 0 Å². The van der Waals surface area contributed by atoms with E-state index in [1.807, 2.05) is 19.2 Å². The van der Waals surface area contributed by atoms with Crippen molar-refractivity contribution < 1.29 is 8.42 Å². The standard InChI is InChI=1S/C11H13ClN2O2S2/c1-8(17-2)7-14-18(15,16)11-5-9(6-13)3-4-10(11)12/h3-5,8,14H,7H2,1-2H3. The Morgan fingerprint density at radius 2 is 2.22 bits per heavy atom. The third-order valence-corrected chi connectivity index (χ3v) is 5.19. The predicted octanol–water partition coefficient (Wildman–Crippen LogP) is 2.24. The van der Waals surface area contributed by atoms with Gasteiger partial charge in [0.2, 0.25) is 10.0 Å². The lowest BCUT2D eigenvalue weighted by atomic mass is 10.2. The highest BCUT2D eigenvalue weighted by Crippen LogP contribution is 2.22. The van der Waals surface area contributed by atoms with E-state index in [1.165, 1.54) is 18.2 Å². The van der Waals surface area contributed by atoms with E-state index in [0.29, 0.717) is 6.54 Å². The molecule has 0 radical (unpaired) electrons. The number of nitrogens with zero attached hydrogens (tertiary/aromatic N) is 1. The van der Waals surface area contributed by atoms with Crippen LogP contribution in [0, 0.1) is 11.3 Å². The van der Waals surface area contributed by atoms with E-state index in [-0.39, 0.29) is 20.7 Å². The molecule has 0 fully saturated rings. The average Bonchev–Trinajstić information content (AvgIpc) is 2.36. The van der Waals surface area contributed by atoms with Crippen molar-refractivity contribution in [3.05, 3.63) is 28.8 Å². The van der Waals surface area contributed by atoms with Crippen molar-refractivity contribution >= 4 is 33.4 Å². The van der Waals surface area contributed by atoms with Gasteiger partial charge in [-0.15, -0.1) is 0 Å². The third kappa shape index (κ3) is 3.89. The Morgan fingerprint density at radius 1 is 1.56 bits per heavy atom. The second-order valence-corrected chi connectivity index (χ2v) is 7.07. The molecule has 0 bridgehead atoms. The fourth-order valence-electron chi connectivity index (χ4n) is 1.17. The van der Waals surface area contributed by atoms with Crippen molar-refractivity contribution in [3.63, 3.8) is 0 Å². The number of thioether (sulfide) groups is 1. The number of nitrogens with one attached hydrogen (secondary N) is 1. The van der Waals surface area contributed by atoms with E-state index >= 15 is 0 Å². The van der Waals surface area contributed by atoms with Gasteiger partial charge in [0.15, 0.2) is 0 Å². The van der Waals surface area contributed by atoms with Crippen LogP contribution in [0.2, 0.25) is 5.02 Å². The normalized spacial score (nSPS) is 13.0. The Balaban J connectivity index is 3.02. The van der Waals surface area contributed by atoms with Gasteiger partial charge in [-0.25, -0.2) is 13.1 Å². The zero-order valence-corrected chi connectivity index (χ0v) is 12.4. The molecule has 0 saturated carbocycles. The van der Waals surface area contributed by atoms with Crippen LogP contribution < -0.4 is 4.72 Å². The summed E-state index contributed by atoms with van der Waals surface area (Å²) in [5, 5.41) is 9.04. The minimum atomic E-state index is -3.68. The van der Waals surface area contributed by atoms with Crippen LogP contribution in [-0.4, -0.2) is 26.5 Å². The second kappa shape index (κ2) is 6.43. The lowest BCUT2D eigenvalue weighted by Gasteiger charge is -2.11. The first kappa shape index (κ1) is 15.3. The fourth-order valence-corrected chi connectivity index (χ4v) is 3.18. The first-order valence-corrected chi connectivity index (χ1v) is 8.27. The van der Waals surface area contributed by atoms with Gasteiger partial charge in [0.25, 0.3) is 0 Å². The van der Waals surface area contributed by atoms with Crippen molar-refractivity contribution in [1.82, 2.24) is 4.72 Å². The maximum atomic E-state index is 12.0. The average molecular weight is 305 g/mol. The molecule has 0 aliphatic heterocycles. The summed E-state index contributed by atoms with van der Waals surface area (Å²) in [4.78, 5) is -0.0588. The molecule has 1 aromatic rings. The molecule has 7 heteroatoms. The summed E-state index contributed by atoms with van der Waals surface area (Å²) in [7, 11) is -3.68. The molecule has 18 heavy (non-hydrogen) atoms. The lowest BCUT2D eigenvalue weighted by Crippen LogP contribution is -2.29. The maximum Gasteiger partial charge on any atom is 0.242 e. The Morgan fingerprint density at radius 3 is 2.78 bits per heavy atom. The molecule has 0 aliphatic carbocycles. The number of halogens is 1. The van der Waals surface area contributed by atoms with Gasteiger partial charge >= 0.3 is 0 Å². The number of rotatable bonds is 5. The van der Waals surface area contributed by atoms with Gasteiger partial charge in [-0.2, -0.15) is 17.0 Å². The summed E-state index contributed by atoms with van der Waals surface area (Å²) in [5.41, 5.74) is 0.262. The first-order chi connectivity index (χ1) is 8.40. The van der Waals surface area contributed by atoms with E-state index in [4.69, 9.17) is 16.9 Å². The molecule has 1 atom stereocenters. The number of nitriles is 1. The first-order valence-electron chi connectivity index (χ1n) is 5.13. The Bertz CT molecular complexity index is 567. The number of benzene rings is 1. The lowest BCUT2D eigenvalue weighted by molar-refractivity contribution is 0.581. The maximum absolute atomic E-state index is 12.0. The molecule has 1 rings (SSSR count). The van der Waals surface area contributed by atoms with Crippen LogP contribution in [0.1, 0.15) is 12.5 Å². The van der Waals surface area contributed by atoms with Gasteiger partial charge in [0, 0.05) is 11.8 Å². The van der Waals surface area contributed by atoms with Crippen LogP contribution in [0.5, 0.6) is 0 Å². The molecular formula is C11H13ClN2O2S2. The fraction of sp³-hybridized carbons (Fsp3) is 0.364. The van der Waals surface area contributed by atoms with Gasteiger partial charge < -0.3 is 0 Å². The monoisotopic (exact) mass is 304 g/mol. The van der Waals surface area contributed by atoms with Crippen molar-refractivity contribution in [2.24, 2.45) is 0 Å². The molecule has 1 unspecified atom stereocenters. The molecule has 1 aromatic carbocycles. The molecule has 0 heterocycles. The Hall–Kier alpha value is -0.740. The topological polar surface area (TPSA) is 70.0 Å². The Kier molecular flexibility index (Phi) is 5.47. The molecule has 0 spiro atoms. The summed E-state index contributed by atoms with van der Waals surface area (Å²) in [6.07, 6.45) is 1.91. The summed E-state index contributed by atoms with van der Waals surface area (Å²) in [6, 6.07) is 6.05. The van der Waals surface area contributed by atoms with Gasteiger partial charge in [-0.3, -0.25) is 0 Å². The van der Waals surface area contributed by atoms with Crippen molar-refractivity contribution in [2.45, 2.75) is 17.1 Å². The van der Waals surface area contributed by atoms with Crippen LogP contribution in [0.15, 0.2) is 23.1 Å². The minimum absolute atomic E-state index is 0.0588. The van der Waals surface area contributed by atoms with Crippen LogP contribution in [0.4, 0.5) is 0 Å². The molecular weight excluding hydrogens is 292 g/mol. The summed E-state index contributed by atoms with van der Waals surface area (Å²) in [6.45, 7) is 2.23. The van der Waals surface area contributed by atoms with E-state index in [1.54, 1.807) is 11.8 Å². The molecule has 98 valence electrons. The molecule has 0 amide bonds. The van der Waals surface area contributed by atoms with Gasteiger partial charge in [0.05, 0.1) is 16.7 Å². The van der Waals surface area contributed by atoms with Crippen molar-refractivity contribution in [2.75, 3.05) is 12.8 Å². The van der Waals surface area contributed by atoms with Crippen LogP contribution in [-0.2, 0) is 10.0 Å². The van der Waals surface area contributed by atoms with Gasteiger partial charge in [0.1, 0.15) is 4.90 Å². The highest BCUT2D eigenvalue weighted by molar-refractivity contribution is 7.99. The van der Waals surface area contributed by atoms with E-state index in [0.717, 1.165) is 0 Å². The van der Waals surface area contributed by atoms with Crippen molar-refractivity contribution in [1.29, 1.82) is 5.26 Å². The SMILES string of the molecule is CSC(C)CNS(=O)(=O)c1cc(C#N)ccc1Cl. The molecule has 0 aliphatic rings. The van der Waals surface area contributed by atoms with Crippen molar-refractivity contribution in [3.8, 4) is 6.07 Å². The minimum Gasteiger partial charge on any atom is -0.210 e. The van der Waals surface area contributed by atoms with E-state index < -0.39 is 10.0 Å². The van der Waals surface area contributed by atoms with Gasteiger partial charge in [-0.05, 0) is 24.5 Å². The third-order valence-electron chi connectivity index (χ3n) is 2.31. The van der Waals surface area contributed by atoms with Gasteiger partial charge in [-0.1, -0.05) is 18.5 Å². The Labute approximate surface area is 116 Å². The number of hydrogen-bond donors (Lipinski definition) is 1. The quantitative estimate of drug-likeness (QED) is 0.905. The highest BCUT2D eigenvalue weighted by Gasteiger charge is 2.19. The summed E-state index contributed by atoms with van der Waals surface area (Å²) >= 11 is 7.41. The van der Waals surface area contributed by atoms with Crippen LogP contribution >= 0.6 is 23.4 Å². The highest BCUT2D eigenvalue weighted by atomic mass is 35.5. The van der Waals surface area contributed by atoms with E-state index in [2.05, 4.69) is 4.72 Å². The molecule has 0 saturated heterocycles. The van der Waals surface area contributed by atoms with E-state index in [9.17, 15) is 8.42 Å². The smallest absolute Gasteiger partial charge is 0.210 e. The zero-order chi connectivity index (χ0) is 13.8. The van der Waals surface area contributed by atoms with Crippen LogP contribution in [0.3, 0.4) is 0 Å².